The molecule has 0 aliphatic rings. The molecule has 0 radical (unpaired) electrons. The van der Waals surface area contributed by atoms with Crippen LogP contribution in [0.5, 0.6) is 0 Å². The second kappa shape index (κ2) is 5.80. The molecule has 0 aliphatic heterocycles. The average molecular weight is 267 g/mol. The Morgan fingerprint density at radius 2 is 1.35 bits per heavy atom. The third kappa shape index (κ3) is 3.10. The molecule has 0 saturated carbocycles. The molecule has 0 fully saturated rings. The lowest BCUT2D eigenvalue weighted by molar-refractivity contribution is 0.329. The molecule has 2 aromatic rings. The molecule has 0 heterocycles. The lowest BCUT2D eigenvalue weighted by atomic mass is 9.71. The van der Waals surface area contributed by atoms with E-state index in [1.165, 1.54) is 22.3 Å². The van der Waals surface area contributed by atoms with Crippen LogP contribution in [0.4, 0.5) is 0 Å². The topological polar surface area (TPSA) is 26.0 Å². The fourth-order valence-electron chi connectivity index (χ4n) is 2.91. The van der Waals surface area contributed by atoms with Crippen LogP contribution in [0, 0.1) is 19.3 Å². The zero-order valence-electron chi connectivity index (χ0n) is 13.0. The smallest absolute Gasteiger partial charge is 0.0153 e. The first-order chi connectivity index (χ1) is 9.44. The fourth-order valence-corrected chi connectivity index (χ4v) is 2.91. The van der Waals surface area contributed by atoms with Gasteiger partial charge in [-0.15, -0.1) is 0 Å². The molecule has 106 valence electrons. The number of aryl methyl sites for hydroxylation is 2. The fraction of sp³-hybridized carbons (Fsp3) is 0.368. The van der Waals surface area contributed by atoms with Crippen molar-refractivity contribution in [1.82, 2.24) is 0 Å². The maximum Gasteiger partial charge on any atom is 0.0153 e. The molecule has 1 heteroatoms. The van der Waals surface area contributed by atoms with Crippen LogP contribution in [0.3, 0.4) is 0 Å². The summed E-state index contributed by atoms with van der Waals surface area (Å²) >= 11 is 0. The summed E-state index contributed by atoms with van der Waals surface area (Å²) in [7, 11) is 0. The van der Waals surface area contributed by atoms with Crippen LogP contribution in [-0.2, 0) is 0 Å². The van der Waals surface area contributed by atoms with Crippen LogP contribution in [0.1, 0.15) is 42.0 Å². The van der Waals surface area contributed by atoms with Crippen molar-refractivity contribution in [2.24, 2.45) is 11.1 Å². The summed E-state index contributed by atoms with van der Waals surface area (Å²) in [6.45, 7) is 9.46. The van der Waals surface area contributed by atoms with E-state index in [0.29, 0.717) is 12.5 Å². The van der Waals surface area contributed by atoms with E-state index in [0.717, 1.165) is 0 Å². The predicted octanol–water partition coefficient (Wildman–Crippen LogP) is 4.42. The number of hydrogen-bond donors (Lipinski definition) is 1. The quantitative estimate of drug-likeness (QED) is 0.872. The Labute approximate surface area is 122 Å². The highest BCUT2D eigenvalue weighted by Gasteiger charge is 2.31. The van der Waals surface area contributed by atoms with E-state index in [1.54, 1.807) is 0 Å². The van der Waals surface area contributed by atoms with Crippen LogP contribution in [0.25, 0.3) is 0 Å². The molecular formula is C19H25N. The number of hydrogen-bond acceptors (Lipinski definition) is 1. The predicted molar refractivity (Wildman–Crippen MR) is 87.0 cm³/mol. The first-order valence-corrected chi connectivity index (χ1v) is 7.27. The van der Waals surface area contributed by atoms with Crippen molar-refractivity contribution < 1.29 is 0 Å². The summed E-state index contributed by atoms with van der Waals surface area (Å²) in [4.78, 5) is 0. The van der Waals surface area contributed by atoms with Crippen molar-refractivity contribution in [2.75, 3.05) is 6.54 Å². The summed E-state index contributed by atoms with van der Waals surface area (Å²) in [6, 6.07) is 17.6. The molecule has 0 atom stereocenters. The molecule has 0 saturated heterocycles. The number of benzene rings is 2. The van der Waals surface area contributed by atoms with Crippen LogP contribution in [0.15, 0.2) is 48.5 Å². The van der Waals surface area contributed by atoms with Crippen LogP contribution < -0.4 is 5.73 Å². The summed E-state index contributed by atoms with van der Waals surface area (Å²) in [6.07, 6.45) is 0. The Bertz CT molecular complexity index is 538. The molecule has 20 heavy (non-hydrogen) atoms. The van der Waals surface area contributed by atoms with Crippen molar-refractivity contribution in [1.29, 1.82) is 0 Å². The van der Waals surface area contributed by atoms with Gasteiger partial charge in [0.2, 0.25) is 0 Å². The van der Waals surface area contributed by atoms with Crippen molar-refractivity contribution in [3.8, 4) is 0 Å². The minimum absolute atomic E-state index is 0.0294. The third-order valence-electron chi connectivity index (χ3n) is 4.06. The van der Waals surface area contributed by atoms with Gasteiger partial charge < -0.3 is 5.73 Å². The Balaban J connectivity index is 2.56. The zero-order valence-corrected chi connectivity index (χ0v) is 13.0. The molecule has 0 unspecified atom stereocenters. The average Bonchev–Trinajstić information content (AvgIpc) is 2.39. The standard InChI is InChI=1S/C19H25N/c1-14-7-5-9-16(11-14)18(19(3,4)13-20)17-10-6-8-15(2)12-17/h5-12,18H,13,20H2,1-4H3. The van der Waals surface area contributed by atoms with Gasteiger partial charge in [-0.05, 0) is 36.9 Å². The summed E-state index contributed by atoms with van der Waals surface area (Å²) in [5, 5.41) is 0. The Hall–Kier alpha value is -1.60. The maximum absolute atomic E-state index is 6.06. The van der Waals surface area contributed by atoms with Crippen molar-refractivity contribution >= 4 is 0 Å². The van der Waals surface area contributed by atoms with Gasteiger partial charge in [0.25, 0.3) is 0 Å². The normalized spacial score (nSPS) is 11.9. The van der Waals surface area contributed by atoms with Crippen molar-refractivity contribution in [2.45, 2.75) is 33.6 Å². The zero-order chi connectivity index (χ0) is 14.8. The van der Waals surface area contributed by atoms with E-state index in [-0.39, 0.29) is 5.41 Å². The molecule has 0 aromatic heterocycles. The van der Waals surface area contributed by atoms with Gasteiger partial charge >= 0.3 is 0 Å². The van der Waals surface area contributed by atoms with Gasteiger partial charge in [-0.3, -0.25) is 0 Å². The molecule has 0 spiro atoms. The summed E-state index contributed by atoms with van der Waals surface area (Å²) in [5.74, 6) is 0.326. The van der Waals surface area contributed by atoms with Crippen LogP contribution in [-0.4, -0.2) is 6.54 Å². The molecule has 0 bridgehead atoms. The van der Waals surface area contributed by atoms with E-state index in [9.17, 15) is 0 Å². The van der Waals surface area contributed by atoms with Gasteiger partial charge in [0.15, 0.2) is 0 Å². The molecule has 2 N–H and O–H groups in total. The van der Waals surface area contributed by atoms with Gasteiger partial charge in [-0.2, -0.15) is 0 Å². The summed E-state index contributed by atoms with van der Waals surface area (Å²) in [5.41, 5.74) is 11.4. The minimum atomic E-state index is 0.0294. The van der Waals surface area contributed by atoms with Gasteiger partial charge in [0.05, 0.1) is 0 Å². The number of nitrogens with two attached hydrogens (primary N) is 1. The van der Waals surface area contributed by atoms with E-state index in [4.69, 9.17) is 5.73 Å². The van der Waals surface area contributed by atoms with E-state index in [1.807, 2.05) is 0 Å². The molecule has 2 rings (SSSR count). The highest BCUT2D eigenvalue weighted by atomic mass is 14.6. The highest BCUT2D eigenvalue weighted by molar-refractivity contribution is 5.38. The molecule has 0 aliphatic carbocycles. The minimum Gasteiger partial charge on any atom is -0.330 e. The van der Waals surface area contributed by atoms with Crippen molar-refractivity contribution in [3.05, 3.63) is 70.8 Å². The molecule has 2 aromatic carbocycles. The Kier molecular flexibility index (Phi) is 4.29. The first kappa shape index (κ1) is 14.8. The largest absolute Gasteiger partial charge is 0.330 e. The van der Waals surface area contributed by atoms with Gasteiger partial charge in [-0.1, -0.05) is 73.5 Å². The second-order valence-corrected chi connectivity index (χ2v) is 6.45. The Morgan fingerprint density at radius 1 is 0.900 bits per heavy atom. The monoisotopic (exact) mass is 267 g/mol. The Morgan fingerprint density at radius 3 is 1.70 bits per heavy atom. The maximum atomic E-state index is 6.06. The van der Waals surface area contributed by atoms with Gasteiger partial charge in [0, 0.05) is 5.92 Å². The second-order valence-electron chi connectivity index (χ2n) is 6.45. The molecule has 0 amide bonds. The number of rotatable bonds is 4. The van der Waals surface area contributed by atoms with Crippen LogP contribution in [0.2, 0.25) is 0 Å². The van der Waals surface area contributed by atoms with Crippen LogP contribution >= 0.6 is 0 Å². The molecule has 1 nitrogen and oxygen atoms in total. The van der Waals surface area contributed by atoms with E-state index >= 15 is 0 Å². The lowest BCUT2D eigenvalue weighted by Crippen LogP contribution is -2.31. The third-order valence-corrected chi connectivity index (χ3v) is 4.06. The van der Waals surface area contributed by atoms with E-state index in [2.05, 4.69) is 76.2 Å². The van der Waals surface area contributed by atoms with Gasteiger partial charge in [-0.25, -0.2) is 0 Å². The first-order valence-electron chi connectivity index (χ1n) is 7.27. The highest BCUT2D eigenvalue weighted by Crippen LogP contribution is 2.40. The van der Waals surface area contributed by atoms with Crippen molar-refractivity contribution in [3.63, 3.8) is 0 Å². The van der Waals surface area contributed by atoms with E-state index < -0.39 is 0 Å². The molecular weight excluding hydrogens is 242 g/mol. The lowest BCUT2D eigenvalue weighted by Gasteiger charge is -2.34. The van der Waals surface area contributed by atoms with Gasteiger partial charge in [0.1, 0.15) is 0 Å². The SMILES string of the molecule is Cc1cccc(C(c2cccc(C)c2)C(C)(C)CN)c1. The summed E-state index contributed by atoms with van der Waals surface area (Å²) < 4.78 is 0.